The molecule has 0 aromatic heterocycles. The van der Waals surface area contributed by atoms with Crippen molar-refractivity contribution < 1.29 is 26.7 Å². The van der Waals surface area contributed by atoms with Crippen molar-refractivity contribution in [3.8, 4) is 0 Å². The fraction of sp³-hybridized carbons (Fsp3) is 0.0714. The Morgan fingerprint density at radius 3 is 2.27 bits per heavy atom. The van der Waals surface area contributed by atoms with Crippen molar-refractivity contribution in [2.75, 3.05) is 11.8 Å². The Kier molecular flexibility index (Phi) is 4.41. The maximum absolute atomic E-state index is 13.5. The second-order valence-corrected chi connectivity index (χ2v) is 5.93. The normalized spacial score (nSPS) is 11.0. The Balaban J connectivity index is 2.28. The van der Waals surface area contributed by atoms with Gasteiger partial charge in [0, 0.05) is 6.07 Å². The maximum atomic E-state index is 13.5. The van der Waals surface area contributed by atoms with Crippen molar-refractivity contribution in [2.45, 2.75) is 4.90 Å². The van der Waals surface area contributed by atoms with Gasteiger partial charge in [-0.25, -0.2) is 22.0 Å². The molecule has 0 saturated heterocycles. The number of esters is 1. The highest BCUT2D eigenvalue weighted by Crippen LogP contribution is 2.20. The number of carbonyl (C=O) groups excluding carboxylic acids is 1. The van der Waals surface area contributed by atoms with Gasteiger partial charge in [-0.1, -0.05) is 0 Å². The molecule has 1 N–H and O–H groups in total. The third kappa shape index (κ3) is 3.40. The minimum absolute atomic E-state index is 0.175. The molecule has 2 aromatic rings. The smallest absolute Gasteiger partial charge is 0.337 e. The highest BCUT2D eigenvalue weighted by atomic mass is 32.2. The molecule has 0 radical (unpaired) electrons. The summed E-state index contributed by atoms with van der Waals surface area (Å²) in [6.07, 6.45) is 0. The van der Waals surface area contributed by atoms with Gasteiger partial charge < -0.3 is 4.74 Å². The molecule has 0 saturated carbocycles. The predicted octanol–water partition coefficient (Wildman–Crippen LogP) is 2.55. The number of rotatable bonds is 4. The highest BCUT2D eigenvalue weighted by Gasteiger charge is 2.17. The van der Waals surface area contributed by atoms with Gasteiger partial charge in [0.05, 0.1) is 23.3 Å². The van der Waals surface area contributed by atoms with E-state index in [1.807, 2.05) is 4.72 Å². The molecule has 0 amide bonds. The van der Waals surface area contributed by atoms with Gasteiger partial charge in [0.1, 0.15) is 11.6 Å². The number of benzene rings is 2. The van der Waals surface area contributed by atoms with Crippen LogP contribution in [0, 0.1) is 11.6 Å². The molecule has 22 heavy (non-hydrogen) atoms. The van der Waals surface area contributed by atoms with Gasteiger partial charge in [0.2, 0.25) is 0 Å². The summed E-state index contributed by atoms with van der Waals surface area (Å²) in [6, 6.07) is 7.36. The zero-order chi connectivity index (χ0) is 16.3. The summed E-state index contributed by atoms with van der Waals surface area (Å²) in [4.78, 5) is 11.1. The first-order chi connectivity index (χ1) is 10.3. The number of methoxy groups -OCH3 is 1. The SMILES string of the molecule is COC(=O)c1ccc(S(=O)(=O)Nc2ccc(F)cc2F)cc1. The Bertz CT molecular complexity index is 804. The minimum atomic E-state index is -4.06. The summed E-state index contributed by atoms with van der Waals surface area (Å²) in [7, 11) is -2.86. The molecule has 0 unspecified atom stereocenters. The summed E-state index contributed by atoms with van der Waals surface area (Å²) in [5.41, 5.74) is -0.201. The van der Waals surface area contributed by atoms with Crippen LogP contribution in [-0.2, 0) is 14.8 Å². The summed E-state index contributed by atoms with van der Waals surface area (Å²) in [5.74, 6) is -2.46. The number of sulfonamides is 1. The zero-order valence-corrected chi connectivity index (χ0v) is 12.2. The molecule has 8 heteroatoms. The quantitative estimate of drug-likeness (QED) is 0.876. The molecule has 0 aliphatic carbocycles. The van der Waals surface area contributed by atoms with Crippen LogP contribution in [-0.4, -0.2) is 21.5 Å². The number of nitrogens with one attached hydrogen (secondary N) is 1. The van der Waals surface area contributed by atoms with Crippen LogP contribution in [0.3, 0.4) is 0 Å². The summed E-state index contributed by atoms with van der Waals surface area (Å²) in [6.45, 7) is 0. The fourth-order valence-corrected chi connectivity index (χ4v) is 2.73. The van der Waals surface area contributed by atoms with Crippen molar-refractivity contribution in [2.24, 2.45) is 0 Å². The van der Waals surface area contributed by atoms with Gasteiger partial charge in [-0.15, -0.1) is 0 Å². The first-order valence-electron chi connectivity index (χ1n) is 6.00. The Morgan fingerprint density at radius 2 is 1.73 bits per heavy atom. The zero-order valence-electron chi connectivity index (χ0n) is 11.3. The van der Waals surface area contributed by atoms with Gasteiger partial charge in [-0.2, -0.15) is 0 Å². The summed E-state index contributed by atoms with van der Waals surface area (Å²) < 4.78 is 57.0. The molecular weight excluding hydrogens is 316 g/mol. The average molecular weight is 327 g/mol. The number of halogens is 2. The lowest BCUT2D eigenvalue weighted by atomic mass is 10.2. The van der Waals surface area contributed by atoms with Crippen molar-refractivity contribution in [1.82, 2.24) is 0 Å². The van der Waals surface area contributed by atoms with Crippen molar-refractivity contribution in [1.29, 1.82) is 0 Å². The number of carbonyl (C=O) groups is 1. The third-order valence-electron chi connectivity index (χ3n) is 2.76. The van der Waals surface area contributed by atoms with Gasteiger partial charge in [0.15, 0.2) is 0 Å². The van der Waals surface area contributed by atoms with E-state index < -0.39 is 27.6 Å². The van der Waals surface area contributed by atoms with E-state index in [4.69, 9.17) is 0 Å². The number of ether oxygens (including phenoxy) is 1. The summed E-state index contributed by atoms with van der Waals surface area (Å²) >= 11 is 0. The first-order valence-corrected chi connectivity index (χ1v) is 7.48. The second kappa shape index (κ2) is 6.10. The van der Waals surface area contributed by atoms with E-state index in [9.17, 15) is 22.0 Å². The predicted molar refractivity (Wildman–Crippen MR) is 74.9 cm³/mol. The third-order valence-corrected chi connectivity index (χ3v) is 4.14. The van der Waals surface area contributed by atoms with E-state index in [0.717, 1.165) is 12.1 Å². The average Bonchev–Trinajstić information content (AvgIpc) is 2.49. The van der Waals surface area contributed by atoms with E-state index in [2.05, 4.69) is 4.74 Å². The molecule has 0 spiro atoms. The molecule has 0 bridgehead atoms. The van der Waals surface area contributed by atoms with Crippen LogP contribution in [0.15, 0.2) is 47.4 Å². The molecule has 0 atom stereocenters. The number of hydrogen-bond donors (Lipinski definition) is 1. The van der Waals surface area contributed by atoms with Crippen LogP contribution in [0.25, 0.3) is 0 Å². The lowest BCUT2D eigenvalue weighted by Gasteiger charge is -2.09. The largest absolute Gasteiger partial charge is 0.465 e. The van der Waals surface area contributed by atoms with Crippen LogP contribution in [0.1, 0.15) is 10.4 Å². The Hall–Kier alpha value is -2.48. The molecule has 0 aliphatic heterocycles. The summed E-state index contributed by atoms with van der Waals surface area (Å²) in [5, 5.41) is 0. The van der Waals surface area contributed by atoms with Crippen LogP contribution in [0.4, 0.5) is 14.5 Å². The van der Waals surface area contributed by atoms with E-state index >= 15 is 0 Å². The topological polar surface area (TPSA) is 72.5 Å². The fourth-order valence-electron chi connectivity index (χ4n) is 1.66. The van der Waals surface area contributed by atoms with Crippen molar-refractivity contribution in [3.05, 3.63) is 59.7 Å². The monoisotopic (exact) mass is 327 g/mol. The van der Waals surface area contributed by atoms with E-state index in [0.29, 0.717) is 6.07 Å². The standard InChI is InChI=1S/C14H11F2NO4S/c1-21-14(18)9-2-5-11(6-3-9)22(19,20)17-13-7-4-10(15)8-12(13)16/h2-8,17H,1H3. The van der Waals surface area contributed by atoms with Crippen molar-refractivity contribution >= 4 is 21.7 Å². The number of anilines is 1. The maximum Gasteiger partial charge on any atom is 0.337 e. The van der Waals surface area contributed by atoms with Crippen LogP contribution >= 0.6 is 0 Å². The van der Waals surface area contributed by atoms with Crippen LogP contribution in [0.5, 0.6) is 0 Å². The number of hydrogen-bond acceptors (Lipinski definition) is 4. The van der Waals surface area contributed by atoms with E-state index in [1.165, 1.54) is 31.4 Å². The second-order valence-electron chi connectivity index (χ2n) is 4.25. The molecular formula is C14H11F2NO4S. The molecule has 5 nitrogen and oxygen atoms in total. The lowest BCUT2D eigenvalue weighted by molar-refractivity contribution is 0.0600. The van der Waals surface area contributed by atoms with E-state index in [-0.39, 0.29) is 16.1 Å². The van der Waals surface area contributed by atoms with Gasteiger partial charge in [-0.05, 0) is 36.4 Å². The molecule has 0 fully saturated rings. The molecule has 0 heterocycles. The van der Waals surface area contributed by atoms with Gasteiger partial charge in [0.25, 0.3) is 10.0 Å². The first kappa shape index (κ1) is 15.9. The van der Waals surface area contributed by atoms with Crippen LogP contribution < -0.4 is 4.72 Å². The molecule has 116 valence electrons. The van der Waals surface area contributed by atoms with Gasteiger partial charge >= 0.3 is 5.97 Å². The highest BCUT2D eigenvalue weighted by molar-refractivity contribution is 7.92. The molecule has 2 rings (SSSR count). The molecule has 0 aliphatic rings. The van der Waals surface area contributed by atoms with E-state index in [1.54, 1.807) is 0 Å². The Labute approximate surface area is 125 Å². The van der Waals surface area contributed by atoms with Crippen molar-refractivity contribution in [3.63, 3.8) is 0 Å². The lowest BCUT2D eigenvalue weighted by Crippen LogP contribution is -2.14. The minimum Gasteiger partial charge on any atom is -0.465 e. The van der Waals surface area contributed by atoms with Crippen LogP contribution in [0.2, 0.25) is 0 Å². The Morgan fingerprint density at radius 1 is 1.09 bits per heavy atom. The van der Waals surface area contributed by atoms with Gasteiger partial charge in [-0.3, -0.25) is 4.72 Å². The molecule has 2 aromatic carbocycles.